The van der Waals surface area contributed by atoms with Crippen molar-refractivity contribution in [2.45, 2.75) is 25.7 Å². The van der Waals surface area contributed by atoms with Crippen LogP contribution in [0.15, 0.2) is 54.7 Å². The van der Waals surface area contributed by atoms with Crippen LogP contribution in [-0.2, 0) is 0 Å². The van der Waals surface area contributed by atoms with E-state index in [-0.39, 0.29) is 0 Å². The summed E-state index contributed by atoms with van der Waals surface area (Å²) in [4.78, 5) is 0. The molecule has 73 valence electrons. The Hall–Kier alpha value is -1.30. The van der Waals surface area contributed by atoms with Crippen molar-refractivity contribution >= 4 is 0 Å². The van der Waals surface area contributed by atoms with E-state index in [1.165, 1.54) is 6.42 Å². The molecule has 0 amide bonds. The van der Waals surface area contributed by atoms with E-state index in [4.69, 9.17) is 0 Å². The summed E-state index contributed by atoms with van der Waals surface area (Å²) in [6.45, 7) is 0. The first-order chi connectivity index (χ1) is 7.00. The zero-order chi connectivity index (χ0) is 9.90. The van der Waals surface area contributed by atoms with Crippen LogP contribution in [0.3, 0.4) is 0 Å². The predicted molar refractivity (Wildman–Crippen MR) is 62.8 cm³/mol. The molecule has 0 bridgehead atoms. The van der Waals surface area contributed by atoms with Gasteiger partial charge in [0.1, 0.15) is 0 Å². The number of hydrogen-bond acceptors (Lipinski definition) is 0. The van der Waals surface area contributed by atoms with Crippen LogP contribution < -0.4 is 0 Å². The van der Waals surface area contributed by atoms with Crippen LogP contribution in [0.1, 0.15) is 25.7 Å². The van der Waals surface area contributed by atoms with Gasteiger partial charge < -0.3 is 0 Å². The molecule has 0 atom stereocenters. The second kappa shape index (κ2) is 8.31. The Morgan fingerprint density at radius 3 is 2.50 bits per heavy atom. The van der Waals surface area contributed by atoms with E-state index in [1.807, 2.05) is 18.2 Å². The quantitative estimate of drug-likeness (QED) is 0.532. The fourth-order valence-corrected chi connectivity index (χ4v) is 1.16. The van der Waals surface area contributed by atoms with Gasteiger partial charge in [-0.3, -0.25) is 0 Å². The molecule has 0 nitrogen and oxygen atoms in total. The number of hydrogen-bond donors (Lipinski definition) is 0. The highest BCUT2D eigenvalue weighted by molar-refractivity contribution is 5.12. The van der Waals surface area contributed by atoms with E-state index in [9.17, 15) is 0 Å². The van der Waals surface area contributed by atoms with Crippen molar-refractivity contribution in [2.24, 2.45) is 0 Å². The molecule has 0 saturated carbocycles. The summed E-state index contributed by atoms with van der Waals surface area (Å²) in [5.74, 6) is 0. The molecule has 0 spiro atoms. The first-order valence-electron chi connectivity index (χ1n) is 5.20. The van der Waals surface area contributed by atoms with Crippen LogP contribution in [0.2, 0.25) is 0 Å². The highest BCUT2D eigenvalue weighted by Crippen LogP contribution is 1.98. The van der Waals surface area contributed by atoms with Crippen LogP contribution in [0.25, 0.3) is 0 Å². The minimum absolute atomic E-state index is 1.00. The zero-order valence-electron chi connectivity index (χ0n) is 8.52. The highest BCUT2D eigenvalue weighted by atomic mass is 13.9. The number of rotatable bonds is 0. The Labute approximate surface area is 87.0 Å². The molecule has 1 aliphatic carbocycles. The van der Waals surface area contributed by atoms with Crippen molar-refractivity contribution in [2.75, 3.05) is 0 Å². The van der Waals surface area contributed by atoms with Crippen molar-refractivity contribution in [1.29, 1.82) is 0 Å². The lowest BCUT2D eigenvalue weighted by Crippen LogP contribution is -1.69. The van der Waals surface area contributed by atoms with Gasteiger partial charge in [-0.05, 0) is 31.8 Å². The van der Waals surface area contributed by atoms with E-state index >= 15 is 0 Å². The molecular weight excluding hydrogens is 168 g/mol. The second-order valence-corrected chi connectivity index (χ2v) is 3.17. The molecule has 0 aromatic carbocycles. The monoisotopic (exact) mass is 185 g/mol. The van der Waals surface area contributed by atoms with Gasteiger partial charge in [0.25, 0.3) is 0 Å². The summed E-state index contributed by atoms with van der Waals surface area (Å²) >= 11 is 0. The van der Waals surface area contributed by atoms with Gasteiger partial charge in [0, 0.05) is 0 Å². The molecule has 0 N–H and O–H groups in total. The second-order valence-electron chi connectivity index (χ2n) is 3.17. The van der Waals surface area contributed by atoms with Crippen LogP contribution in [0.5, 0.6) is 0 Å². The zero-order valence-corrected chi connectivity index (χ0v) is 8.52. The minimum atomic E-state index is 1.00. The molecule has 0 unspecified atom stereocenters. The minimum Gasteiger partial charge on any atom is -0.0845 e. The molecular formula is C14H17. The highest BCUT2D eigenvalue weighted by Gasteiger charge is 1.79. The summed E-state index contributed by atoms with van der Waals surface area (Å²) < 4.78 is 0. The average Bonchev–Trinajstić information content (AvgIpc) is 2.22. The molecule has 1 rings (SSSR count). The topological polar surface area (TPSA) is 0 Å². The van der Waals surface area contributed by atoms with Crippen molar-refractivity contribution in [1.82, 2.24) is 0 Å². The van der Waals surface area contributed by atoms with Gasteiger partial charge in [-0.2, -0.15) is 0 Å². The van der Waals surface area contributed by atoms with Crippen molar-refractivity contribution in [3.8, 4) is 0 Å². The van der Waals surface area contributed by atoms with Crippen LogP contribution in [0.4, 0.5) is 0 Å². The molecule has 1 aliphatic rings. The Kier molecular flexibility index (Phi) is 6.39. The van der Waals surface area contributed by atoms with E-state index in [1.54, 1.807) is 0 Å². The molecule has 0 heterocycles. The summed E-state index contributed by atoms with van der Waals surface area (Å²) in [6.07, 6.45) is 26.5. The Bertz CT molecular complexity index is 262. The molecule has 0 heteroatoms. The largest absolute Gasteiger partial charge is 0.0845 e. The third kappa shape index (κ3) is 6.24. The van der Waals surface area contributed by atoms with Crippen molar-refractivity contribution in [3.05, 3.63) is 60.8 Å². The summed E-state index contributed by atoms with van der Waals surface area (Å²) in [5, 5.41) is 0. The first-order valence-corrected chi connectivity index (χ1v) is 5.20. The lowest BCUT2D eigenvalue weighted by atomic mass is 10.2. The fraction of sp³-hybridized carbons (Fsp3) is 0.286. The van der Waals surface area contributed by atoms with E-state index in [0.29, 0.717) is 0 Å². The van der Waals surface area contributed by atoms with Gasteiger partial charge in [0.15, 0.2) is 0 Å². The Balaban J connectivity index is 2.45. The maximum Gasteiger partial charge on any atom is -0.0163 e. The van der Waals surface area contributed by atoms with Crippen LogP contribution in [-0.4, -0.2) is 0 Å². The lowest BCUT2D eigenvalue weighted by Gasteiger charge is -1.88. The van der Waals surface area contributed by atoms with Gasteiger partial charge in [-0.25, -0.2) is 0 Å². The molecule has 0 aliphatic heterocycles. The van der Waals surface area contributed by atoms with Gasteiger partial charge in [-0.1, -0.05) is 54.7 Å². The van der Waals surface area contributed by atoms with Gasteiger partial charge >= 0.3 is 0 Å². The standard InChI is InChI=1S/C14H17/c1-2-4-6-8-10-12-14-13-11-9-7-5-3-1/h1-5,8,10,12,14H,6,9,11,13H2/b3-1-,4-2+,7-5?,10-8+,14-12-. The summed E-state index contributed by atoms with van der Waals surface area (Å²) in [6, 6.07) is 0. The lowest BCUT2D eigenvalue weighted by molar-refractivity contribution is 0.855. The molecule has 1 radical (unpaired) electrons. The predicted octanol–water partition coefficient (Wildman–Crippen LogP) is 4.14. The van der Waals surface area contributed by atoms with E-state index < -0.39 is 0 Å². The molecule has 0 aromatic rings. The number of allylic oxidation sites excluding steroid dienone is 10. The average molecular weight is 185 g/mol. The summed E-state index contributed by atoms with van der Waals surface area (Å²) in [7, 11) is 0. The van der Waals surface area contributed by atoms with Crippen LogP contribution in [0, 0.1) is 6.08 Å². The SMILES string of the molecule is [C]1=C/C=C\C=C\C/C=C/C=C\CCC/1. The van der Waals surface area contributed by atoms with Crippen molar-refractivity contribution < 1.29 is 0 Å². The summed E-state index contributed by atoms with van der Waals surface area (Å²) in [5.41, 5.74) is 0. The molecule has 14 heavy (non-hydrogen) atoms. The van der Waals surface area contributed by atoms with Gasteiger partial charge in [0.2, 0.25) is 0 Å². The first kappa shape index (κ1) is 10.8. The normalized spacial score (nSPS) is 29.7. The van der Waals surface area contributed by atoms with E-state index in [2.05, 4.69) is 42.5 Å². The van der Waals surface area contributed by atoms with Gasteiger partial charge in [-0.15, -0.1) is 0 Å². The third-order valence-electron chi connectivity index (χ3n) is 1.92. The van der Waals surface area contributed by atoms with Crippen LogP contribution >= 0.6 is 0 Å². The smallest absolute Gasteiger partial charge is 0.0163 e. The maximum absolute atomic E-state index is 3.24. The maximum atomic E-state index is 3.24. The molecule has 0 aromatic heterocycles. The fourth-order valence-electron chi connectivity index (χ4n) is 1.16. The molecule has 0 saturated heterocycles. The Morgan fingerprint density at radius 1 is 0.786 bits per heavy atom. The third-order valence-corrected chi connectivity index (χ3v) is 1.92. The Morgan fingerprint density at radius 2 is 1.57 bits per heavy atom. The van der Waals surface area contributed by atoms with E-state index in [0.717, 1.165) is 19.3 Å². The van der Waals surface area contributed by atoms with Gasteiger partial charge in [0.05, 0.1) is 0 Å². The van der Waals surface area contributed by atoms with Crippen molar-refractivity contribution in [3.63, 3.8) is 0 Å². The molecule has 0 fully saturated rings.